The Kier molecular flexibility index (Phi) is 3.93. The first kappa shape index (κ1) is 14.0. The highest BCUT2D eigenvalue weighted by atomic mass is 32.2. The van der Waals surface area contributed by atoms with Gasteiger partial charge in [-0.25, -0.2) is 13.1 Å². The molecule has 1 heterocycles. The first-order valence-electron chi connectivity index (χ1n) is 5.62. The van der Waals surface area contributed by atoms with Crippen LogP contribution in [0.25, 0.3) is 11.0 Å². The monoisotopic (exact) mass is 301 g/mol. The molecule has 1 aromatic carbocycles. The molecule has 0 saturated carbocycles. The van der Waals surface area contributed by atoms with E-state index in [0.29, 0.717) is 17.1 Å². The lowest BCUT2D eigenvalue weighted by molar-refractivity contribution is 0.419. The molecule has 0 amide bonds. The average molecular weight is 301 g/mol. The molecule has 6 nitrogen and oxygen atoms in total. The van der Waals surface area contributed by atoms with Crippen LogP contribution in [0.5, 0.6) is 5.75 Å². The molecule has 0 saturated heterocycles. The Bertz CT molecular complexity index is 746. The standard InChI is InChI=1S/C11H15N3O3S2/c1-17-9-5-3-4-8-10(9)13-11(18)14(8)7-6-12-19(2,15)16/h3-5,12H,6-7H2,1-2H3,(H,13,18). The van der Waals surface area contributed by atoms with E-state index in [-0.39, 0.29) is 6.54 Å². The van der Waals surface area contributed by atoms with Crippen molar-refractivity contribution in [2.45, 2.75) is 6.54 Å². The maximum absolute atomic E-state index is 11.0. The molecule has 0 aliphatic rings. The molecule has 104 valence electrons. The van der Waals surface area contributed by atoms with E-state index in [4.69, 9.17) is 17.0 Å². The van der Waals surface area contributed by atoms with Gasteiger partial charge < -0.3 is 14.3 Å². The largest absolute Gasteiger partial charge is 0.494 e. The van der Waals surface area contributed by atoms with Crippen molar-refractivity contribution in [3.05, 3.63) is 23.0 Å². The van der Waals surface area contributed by atoms with Crippen LogP contribution in [0.15, 0.2) is 18.2 Å². The fraction of sp³-hybridized carbons (Fsp3) is 0.364. The molecule has 1 aromatic heterocycles. The Balaban J connectivity index is 2.33. The summed E-state index contributed by atoms with van der Waals surface area (Å²) < 4.78 is 32.1. The highest BCUT2D eigenvalue weighted by Crippen LogP contribution is 2.24. The fourth-order valence-electron chi connectivity index (χ4n) is 1.89. The van der Waals surface area contributed by atoms with Crippen LogP contribution in [0, 0.1) is 4.77 Å². The third kappa shape index (κ3) is 3.14. The summed E-state index contributed by atoms with van der Waals surface area (Å²) in [5.41, 5.74) is 1.70. The molecule has 0 aliphatic heterocycles. The van der Waals surface area contributed by atoms with Crippen LogP contribution in [-0.2, 0) is 16.6 Å². The number of H-pyrrole nitrogens is 1. The van der Waals surface area contributed by atoms with Crippen molar-refractivity contribution in [2.75, 3.05) is 19.9 Å². The van der Waals surface area contributed by atoms with E-state index in [9.17, 15) is 8.42 Å². The summed E-state index contributed by atoms with van der Waals surface area (Å²) >= 11 is 5.24. The Labute approximate surface area is 116 Å². The molecule has 2 N–H and O–H groups in total. The number of methoxy groups -OCH3 is 1. The SMILES string of the molecule is COc1cccc2c1[nH]c(=S)n2CCNS(C)(=O)=O. The van der Waals surface area contributed by atoms with E-state index in [2.05, 4.69) is 9.71 Å². The molecule has 0 unspecified atom stereocenters. The van der Waals surface area contributed by atoms with Gasteiger partial charge in [0.25, 0.3) is 0 Å². The topological polar surface area (TPSA) is 76.1 Å². The van der Waals surface area contributed by atoms with Gasteiger partial charge in [-0.2, -0.15) is 0 Å². The molecule has 0 aliphatic carbocycles. The molecule has 0 bridgehead atoms. The van der Waals surface area contributed by atoms with Gasteiger partial charge in [0.15, 0.2) is 4.77 Å². The number of nitrogens with one attached hydrogen (secondary N) is 2. The van der Waals surface area contributed by atoms with Crippen LogP contribution in [0.4, 0.5) is 0 Å². The summed E-state index contributed by atoms with van der Waals surface area (Å²) in [6.45, 7) is 0.746. The number of rotatable bonds is 5. The minimum atomic E-state index is -3.19. The van der Waals surface area contributed by atoms with Crippen molar-refractivity contribution in [3.63, 3.8) is 0 Å². The van der Waals surface area contributed by atoms with Gasteiger partial charge in [-0.1, -0.05) is 6.07 Å². The van der Waals surface area contributed by atoms with Crippen LogP contribution < -0.4 is 9.46 Å². The molecule has 2 rings (SSSR count). The summed E-state index contributed by atoms with van der Waals surface area (Å²) in [5.74, 6) is 0.707. The van der Waals surface area contributed by atoms with E-state index < -0.39 is 10.0 Å². The van der Waals surface area contributed by atoms with Crippen molar-refractivity contribution in [2.24, 2.45) is 0 Å². The quantitative estimate of drug-likeness (QED) is 0.815. The predicted octanol–water partition coefficient (Wildman–Crippen LogP) is 1.26. The van der Waals surface area contributed by atoms with E-state index >= 15 is 0 Å². The molecule has 0 atom stereocenters. The Morgan fingerprint density at radius 1 is 1.47 bits per heavy atom. The second-order valence-corrected chi connectivity index (χ2v) is 6.32. The zero-order valence-corrected chi connectivity index (χ0v) is 12.3. The van der Waals surface area contributed by atoms with E-state index in [1.165, 1.54) is 0 Å². The number of nitrogens with zero attached hydrogens (tertiary/aromatic N) is 1. The zero-order valence-electron chi connectivity index (χ0n) is 10.6. The first-order valence-corrected chi connectivity index (χ1v) is 7.92. The number of aromatic amines is 1. The number of hydrogen-bond donors (Lipinski definition) is 2. The van der Waals surface area contributed by atoms with Gasteiger partial charge in [0.05, 0.1) is 18.9 Å². The molecule has 0 radical (unpaired) electrons. The lowest BCUT2D eigenvalue weighted by Gasteiger charge is -2.06. The first-order chi connectivity index (χ1) is 8.92. The van der Waals surface area contributed by atoms with E-state index in [1.54, 1.807) is 7.11 Å². The minimum Gasteiger partial charge on any atom is -0.494 e. The van der Waals surface area contributed by atoms with E-state index in [1.807, 2.05) is 22.8 Å². The fourth-order valence-corrected chi connectivity index (χ4v) is 2.64. The maximum Gasteiger partial charge on any atom is 0.208 e. The van der Waals surface area contributed by atoms with Crippen LogP contribution >= 0.6 is 12.2 Å². The normalized spacial score (nSPS) is 11.9. The van der Waals surface area contributed by atoms with E-state index in [0.717, 1.165) is 17.3 Å². The third-order valence-electron chi connectivity index (χ3n) is 2.69. The number of para-hydroxylation sites is 1. The van der Waals surface area contributed by atoms with Crippen LogP contribution in [0.1, 0.15) is 0 Å². The van der Waals surface area contributed by atoms with Crippen molar-refractivity contribution < 1.29 is 13.2 Å². The second kappa shape index (κ2) is 5.32. The summed E-state index contributed by atoms with van der Waals surface area (Å²) in [5, 5.41) is 0. The van der Waals surface area contributed by atoms with Crippen LogP contribution in [-0.4, -0.2) is 37.9 Å². The van der Waals surface area contributed by atoms with Crippen molar-refractivity contribution in [1.29, 1.82) is 0 Å². The second-order valence-electron chi connectivity index (χ2n) is 4.10. The van der Waals surface area contributed by atoms with Crippen LogP contribution in [0.3, 0.4) is 0 Å². The zero-order chi connectivity index (χ0) is 14.0. The van der Waals surface area contributed by atoms with Crippen molar-refractivity contribution in [3.8, 4) is 5.75 Å². The number of hydrogen-bond acceptors (Lipinski definition) is 4. The van der Waals surface area contributed by atoms with Crippen LogP contribution in [0.2, 0.25) is 0 Å². The van der Waals surface area contributed by atoms with Gasteiger partial charge in [0.1, 0.15) is 11.3 Å². The molecular formula is C11H15N3O3S2. The van der Waals surface area contributed by atoms with Gasteiger partial charge >= 0.3 is 0 Å². The van der Waals surface area contributed by atoms with Gasteiger partial charge in [-0.3, -0.25) is 0 Å². The number of sulfonamides is 1. The Morgan fingerprint density at radius 2 is 2.21 bits per heavy atom. The maximum atomic E-state index is 11.0. The number of aromatic nitrogens is 2. The average Bonchev–Trinajstić information content (AvgIpc) is 2.64. The van der Waals surface area contributed by atoms with Crippen molar-refractivity contribution in [1.82, 2.24) is 14.3 Å². The van der Waals surface area contributed by atoms with Gasteiger partial charge in [0, 0.05) is 13.1 Å². The number of fused-ring (bicyclic) bond motifs is 1. The highest BCUT2D eigenvalue weighted by Gasteiger charge is 2.09. The smallest absolute Gasteiger partial charge is 0.208 e. The number of ether oxygens (including phenoxy) is 1. The molecule has 19 heavy (non-hydrogen) atoms. The lowest BCUT2D eigenvalue weighted by Crippen LogP contribution is -2.26. The van der Waals surface area contributed by atoms with Gasteiger partial charge in [-0.05, 0) is 24.4 Å². The molecule has 0 spiro atoms. The molecular weight excluding hydrogens is 286 g/mol. The number of benzene rings is 1. The molecule has 0 fully saturated rings. The minimum absolute atomic E-state index is 0.289. The summed E-state index contributed by atoms with van der Waals surface area (Å²) in [4.78, 5) is 3.07. The molecule has 2 aromatic rings. The Hall–Kier alpha value is -1.38. The van der Waals surface area contributed by atoms with Gasteiger partial charge in [-0.15, -0.1) is 0 Å². The molecule has 8 heteroatoms. The highest BCUT2D eigenvalue weighted by molar-refractivity contribution is 7.88. The lowest BCUT2D eigenvalue weighted by atomic mass is 10.3. The summed E-state index contributed by atoms with van der Waals surface area (Å²) in [6.07, 6.45) is 1.13. The number of imidazole rings is 1. The van der Waals surface area contributed by atoms with Crippen molar-refractivity contribution >= 4 is 33.3 Å². The van der Waals surface area contributed by atoms with Gasteiger partial charge in [0.2, 0.25) is 10.0 Å². The third-order valence-corrected chi connectivity index (χ3v) is 3.74. The summed E-state index contributed by atoms with van der Waals surface area (Å²) in [6, 6.07) is 5.61. The predicted molar refractivity (Wildman–Crippen MR) is 76.5 cm³/mol. The Morgan fingerprint density at radius 3 is 2.84 bits per heavy atom. The summed E-state index contributed by atoms with van der Waals surface area (Å²) in [7, 11) is -1.60.